The van der Waals surface area contributed by atoms with Crippen molar-refractivity contribution in [3.8, 4) is 5.75 Å². The number of hydrogen-bond acceptors (Lipinski definition) is 2. The molecular weight excluding hydrogens is 256 g/mol. The molecule has 0 radical (unpaired) electrons. The van der Waals surface area contributed by atoms with Crippen LogP contribution >= 0.6 is 11.6 Å². The molecule has 1 aromatic rings. The van der Waals surface area contributed by atoms with Crippen molar-refractivity contribution in [3.63, 3.8) is 0 Å². The predicted molar refractivity (Wildman–Crippen MR) is 72.6 cm³/mol. The zero-order valence-corrected chi connectivity index (χ0v) is 12.3. The van der Waals surface area contributed by atoms with E-state index in [0.29, 0.717) is 17.4 Å². The Hall–Kier alpha value is -1.00. The molecule has 0 heterocycles. The molecule has 0 spiro atoms. The summed E-state index contributed by atoms with van der Waals surface area (Å²) in [5.41, 5.74) is 0.289. The van der Waals surface area contributed by atoms with Crippen molar-refractivity contribution in [2.75, 3.05) is 6.61 Å². The Bertz CT molecular complexity index is 438. The fraction of sp³-hybridized carbons (Fsp3) is 0.417. The molecule has 0 amide bonds. The molecule has 0 aromatic heterocycles. The quantitative estimate of drug-likeness (QED) is 0.857. The van der Waals surface area contributed by atoms with Crippen molar-refractivity contribution in [1.82, 2.24) is 0 Å². The number of aromatic carboxylic acids is 1. The van der Waals surface area contributed by atoms with E-state index < -0.39 is 14.0 Å². The lowest BCUT2D eigenvalue weighted by molar-refractivity contribution is 0.0698. The maximum atomic E-state index is 11.2. The number of carboxylic acids is 1. The smallest absolute Gasteiger partial charge is 0.335 e. The number of carbonyl (C=O) groups is 1. The second-order valence-electron chi connectivity index (χ2n) is 4.79. The Morgan fingerprint density at radius 1 is 1.41 bits per heavy atom. The molecule has 0 atom stereocenters. The minimum absolute atomic E-state index is 0.289. The Morgan fingerprint density at radius 2 is 2.00 bits per heavy atom. The van der Waals surface area contributed by atoms with Crippen LogP contribution in [0.2, 0.25) is 24.7 Å². The highest BCUT2D eigenvalue weighted by atomic mass is 35.5. The van der Waals surface area contributed by atoms with Crippen LogP contribution in [0, 0.1) is 0 Å². The van der Waals surface area contributed by atoms with Crippen LogP contribution < -0.4 is 9.92 Å². The van der Waals surface area contributed by atoms with E-state index in [1.54, 1.807) is 12.1 Å². The van der Waals surface area contributed by atoms with E-state index in [2.05, 4.69) is 19.6 Å². The summed E-state index contributed by atoms with van der Waals surface area (Å²) in [6.07, 6.45) is 0. The lowest BCUT2D eigenvalue weighted by Gasteiger charge is -2.22. The molecule has 1 aromatic carbocycles. The van der Waals surface area contributed by atoms with Gasteiger partial charge in [0.15, 0.2) is 0 Å². The number of ether oxygens (including phenoxy) is 1. The van der Waals surface area contributed by atoms with Crippen molar-refractivity contribution in [2.45, 2.75) is 26.6 Å². The van der Waals surface area contributed by atoms with Gasteiger partial charge in [0, 0.05) is 0 Å². The molecule has 1 N–H and O–H groups in total. The van der Waals surface area contributed by atoms with Crippen molar-refractivity contribution in [2.24, 2.45) is 0 Å². The highest BCUT2D eigenvalue weighted by Crippen LogP contribution is 2.26. The van der Waals surface area contributed by atoms with Crippen molar-refractivity contribution < 1.29 is 14.6 Å². The topological polar surface area (TPSA) is 46.5 Å². The highest BCUT2D eigenvalue weighted by Gasteiger charge is 2.28. The van der Waals surface area contributed by atoms with Gasteiger partial charge in [0.25, 0.3) is 0 Å². The molecule has 0 aliphatic carbocycles. The van der Waals surface area contributed by atoms with E-state index in [-0.39, 0.29) is 5.56 Å². The average molecular weight is 273 g/mol. The van der Waals surface area contributed by atoms with Crippen LogP contribution in [-0.2, 0) is 0 Å². The van der Waals surface area contributed by atoms with Gasteiger partial charge in [-0.15, -0.1) is 0 Å². The Kier molecular flexibility index (Phi) is 4.22. The normalized spacial score (nSPS) is 11.4. The average Bonchev–Trinajstić information content (AvgIpc) is 2.18. The molecule has 17 heavy (non-hydrogen) atoms. The van der Waals surface area contributed by atoms with Crippen LogP contribution in [0.25, 0.3) is 0 Å². The van der Waals surface area contributed by atoms with E-state index in [9.17, 15) is 9.90 Å². The number of halogens is 1. The van der Waals surface area contributed by atoms with E-state index in [4.69, 9.17) is 16.3 Å². The van der Waals surface area contributed by atoms with E-state index >= 15 is 0 Å². The Balaban J connectivity index is 3.48. The first-order valence-corrected chi connectivity index (χ1v) is 9.36. The molecular formula is C12H17ClO3Si. The van der Waals surface area contributed by atoms with Gasteiger partial charge in [-0.25, -0.2) is 4.79 Å². The fourth-order valence-electron chi connectivity index (χ4n) is 1.74. The molecule has 5 heteroatoms. The van der Waals surface area contributed by atoms with E-state index in [0.717, 1.165) is 5.19 Å². The zero-order valence-electron chi connectivity index (χ0n) is 10.5. The van der Waals surface area contributed by atoms with Gasteiger partial charge in [0.1, 0.15) is 5.75 Å². The summed E-state index contributed by atoms with van der Waals surface area (Å²) < 4.78 is 5.40. The predicted octanol–water partition coefficient (Wildman–Crippen LogP) is 2.98. The Morgan fingerprint density at radius 3 is 2.41 bits per heavy atom. The number of carboxylic acid groups (broad SMARTS) is 1. The van der Waals surface area contributed by atoms with Gasteiger partial charge >= 0.3 is 5.97 Å². The van der Waals surface area contributed by atoms with Gasteiger partial charge in [-0.3, -0.25) is 0 Å². The number of benzene rings is 1. The third kappa shape index (κ3) is 3.01. The van der Waals surface area contributed by atoms with E-state index in [1.807, 2.05) is 6.92 Å². The van der Waals surface area contributed by atoms with Gasteiger partial charge in [-0.05, 0) is 24.2 Å². The molecule has 1 rings (SSSR count). The summed E-state index contributed by atoms with van der Waals surface area (Å²) in [6.45, 7) is 8.58. The largest absolute Gasteiger partial charge is 0.492 e. The minimum Gasteiger partial charge on any atom is -0.492 e. The maximum absolute atomic E-state index is 11.2. The fourth-order valence-corrected chi connectivity index (χ4v) is 4.59. The molecule has 94 valence electrons. The zero-order chi connectivity index (χ0) is 13.2. The van der Waals surface area contributed by atoms with Crippen molar-refractivity contribution in [1.29, 1.82) is 0 Å². The van der Waals surface area contributed by atoms with Crippen molar-refractivity contribution in [3.05, 3.63) is 22.7 Å². The molecule has 0 fully saturated rings. The summed E-state index contributed by atoms with van der Waals surface area (Å²) in [4.78, 5) is 11.2. The van der Waals surface area contributed by atoms with Crippen molar-refractivity contribution >= 4 is 30.8 Å². The second-order valence-corrected chi connectivity index (χ2v) is 10.2. The van der Waals surface area contributed by atoms with Gasteiger partial charge in [0.05, 0.1) is 25.3 Å². The van der Waals surface area contributed by atoms with Gasteiger partial charge in [-0.2, -0.15) is 0 Å². The molecule has 0 bridgehead atoms. The molecule has 0 saturated heterocycles. The molecule has 0 saturated carbocycles. The lowest BCUT2D eigenvalue weighted by Crippen LogP contribution is -2.42. The van der Waals surface area contributed by atoms with E-state index in [1.165, 1.54) is 0 Å². The maximum Gasteiger partial charge on any atom is 0.335 e. The van der Waals surface area contributed by atoms with Crippen LogP contribution in [0.1, 0.15) is 17.3 Å². The SMILES string of the molecule is CCOc1ccc(C(=O)O)c([Si](C)(C)C)c1Cl. The third-order valence-corrected chi connectivity index (χ3v) is 4.94. The summed E-state index contributed by atoms with van der Waals surface area (Å²) in [5.74, 6) is -0.371. The second kappa shape index (κ2) is 5.10. The summed E-state index contributed by atoms with van der Waals surface area (Å²) >= 11 is 6.27. The number of rotatable bonds is 4. The summed E-state index contributed by atoms with van der Waals surface area (Å²) in [5, 5.41) is 10.4. The van der Waals surface area contributed by atoms with Crippen LogP contribution in [0.3, 0.4) is 0 Å². The van der Waals surface area contributed by atoms with Crippen LogP contribution in [-0.4, -0.2) is 25.8 Å². The van der Waals surface area contributed by atoms with Gasteiger partial charge in [-0.1, -0.05) is 31.2 Å². The highest BCUT2D eigenvalue weighted by molar-refractivity contribution is 6.91. The first-order chi connectivity index (χ1) is 7.79. The molecule has 0 aliphatic heterocycles. The van der Waals surface area contributed by atoms with Gasteiger partial charge < -0.3 is 9.84 Å². The Labute approximate surface area is 107 Å². The first-order valence-electron chi connectivity index (χ1n) is 5.48. The molecule has 0 aliphatic rings. The van der Waals surface area contributed by atoms with Crippen LogP contribution in [0.4, 0.5) is 0 Å². The molecule has 0 unspecified atom stereocenters. The summed E-state index contributed by atoms with van der Waals surface area (Å²) in [6, 6.07) is 3.20. The lowest BCUT2D eigenvalue weighted by atomic mass is 10.2. The van der Waals surface area contributed by atoms with Crippen LogP contribution in [0.5, 0.6) is 5.75 Å². The summed E-state index contributed by atoms with van der Waals surface area (Å²) in [7, 11) is -1.84. The molecule has 3 nitrogen and oxygen atoms in total. The van der Waals surface area contributed by atoms with Gasteiger partial charge in [0.2, 0.25) is 0 Å². The monoisotopic (exact) mass is 272 g/mol. The minimum atomic E-state index is -1.84. The first kappa shape index (κ1) is 14.1. The third-order valence-electron chi connectivity index (χ3n) is 2.39. The van der Waals surface area contributed by atoms with Crippen LogP contribution in [0.15, 0.2) is 12.1 Å². The standard InChI is InChI=1S/C12H17ClO3Si/c1-5-16-9-7-6-8(12(14)15)11(10(9)13)17(2,3)4/h6-7H,5H2,1-4H3,(H,14,15). The number of hydrogen-bond donors (Lipinski definition) is 1.